The number of anilines is 1. The van der Waals surface area contributed by atoms with Crippen LogP contribution < -0.4 is 17.0 Å². The van der Waals surface area contributed by atoms with E-state index in [4.69, 9.17) is 17.3 Å². The molecule has 6 heteroatoms. The topological polar surface area (TPSA) is 80.9 Å². The Bertz CT molecular complexity index is 643. The number of hydrogen-bond acceptors (Lipinski definition) is 3. The lowest BCUT2D eigenvalue weighted by molar-refractivity contribution is 0.733. The van der Waals surface area contributed by atoms with E-state index in [1.807, 2.05) is 0 Å². The fraction of sp³-hybridized carbons (Fsp3) is 0.0909. The lowest BCUT2D eigenvalue weighted by atomic mass is 10.2. The van der Waals surface area contributed by atoms with Crippen LogP contribution in [0.2, 0.25) is 5.02 Å². The second kappa shape index (κ2) is 4.47. The molecule has 0 saturated carbocycles. The maximum Gasteiger partial charge on any atom is 0.330 e. The molecule has 0 amide bonds. The zero-order valence-electron chi connectivity index (χ0n) is 8.81. The third kappa shape index (κ3) is 2.57. The van der Waals surface area contributed by atoms with Crippen LogP contribution in [-0.4, -0.2) is 9.55 Å². The Morgan fingerprint density at radius 3 is 2.47 bits per heavy atom. The Morgan fingerprint density at radius 1 is 1.24 bits per heavy atom. The average Bonchev–Trinajstić information content (AvgIpc) is 2.26. The number of nitrogens with two attached hydrogens (primary N) is 1. The molecule has 0 aliphatic heterocycles. The fourth-order valence-electron chi connectivity index (χ4n) is 1.47. The first-order valence-corrected chi connectivity index (χ1v) is 5.28. The minimum atomic E-state index is -0.523. The molecule has 0 aliphatic rings. The van der Waals surface area contributed by atoms with Crippen LogP contribution in [0.25, 0.3) is 0 Å². The molecule has 5 nitrogen and oxygen atoms in total. The van der Waals surface area contributed by atoms with E-state index in [2.05, 4.69) is 4.98 Å². The third-order valence-electron chi connectivity index (χ3n) is 2.32. The number of nitrogens with zero attached hydrogens (tertiary/aromatic N) is 1. The average molecular weight is 252 g/mol. The molecular formula is C11H10ClN3O2. The lowest BCUT2D eigenvalue weighted by Gasteiger charge is -2.08. The molecule has 0 bridgehead atoms. The third-order valence-corrected chi connectivity index (χ3v) is 2.57. The van der Waals surface area contributed by atoms with Crippen LogP contribution in [0.3, 0.4) is 0 Å². The predicted molar refractivity (Wildman–Crippen MR) is 66.3 cm³/mol. The van der Waals surface area contributed by atoms with Gasteiger partial charge in [-0.25, -0.2) is 4.79 Å². The van der Waals surface area contributed by atoms with Gasteiger partial charge in [-0.05, 0) is 17.7 Å². The summed E-state index contributed by atoms with van der Waals surface area (Å²) < 4.78 is 1.28. The molecule has 0 radical (unpaired) electrons. The van der Waals surface area contributed by atoms with Crippen molar-refractivity contribution in [2.45, 2.75) is 6.54 Å². The Kier molecular flexibility index (Phi) is 3.01. The van der Waals surface area contributed by atoms with E-state index in [1.54, 1.807) is 24.3 Å². The second-order valence-electron chi connectivity index (χ2n) is 3.58. The van der Waals surface area contributed by atoms with Crippen molar-refractivity contribution < 1.29 is 0 Å². The van der Waals surface area contributed by atoms with Crippen LogP contribution in [0.15, 0.2) is 39.9 Å². The highest BCUT2D eigenvalue weighted by Crippen LogP contribution is 2.10. The monoisotopic (exact) mass is 251 g/mol. The molecule has 0 atom stereocenters. The first-order valence-electron chi connectivity index (χ1n) is 4.90. The van der Waals surface area contributed by atoms with Gasteiger partial charge in [0, 0.05) is 11.1 Å². The van der Waals surface area contributed by atoms with E-state index >= 15 is 0 Å². The smallest absolute Gasteiger partial charge is 0.330 e. The number of nitrogen functional groups attached to an aromatic ring is 1. The van der Waals surface area contributed by atoms with Crippen LogP contribution in [0.5, 0.6) is 0 Å². The van der Waals surface area contributed by atoms with Gasteiger partial charge in [-0.15, -0.1) is 0 Å². The van der Waals surface area contributed by atoms with E-state index in [-0.39, 0.29) is 5.82 Å². The van der Waals surface area contributed by atoms with Crippen molar-refractivity contribution in [3.05, 3.63) is 61.8 Å². The summed E-state index contributed by atoms with van der Waals surface area (Å²) >= 11 is 5.76. The number of halogens is 1. The highest BCUT2D eigenvalue weighted by molar-refractivity contribution is 6.30. The molecule has 0 unspecified atom stereocenters. The van der Waals surface area contributed by atoms with Gasteiger partial charge in [-0.1, -0.05) is 23.7 Å². The molecule has 1 aromatic heterocycles. The molecule has 2 aromatic rings. The minimum absolute atomic E-state index is 0.133. The van der Waals surface area contributed by atoms with Gasteiger partial charge in [0.25, 0.3) is 5.56 Å². The van der Waals surface area contributed by atoms with Crippen LogP contribution in [0.1, 0.15) is 5.56 Å². The second-order valence-corrected chi connectivity index (χ2v) is 4.01. The zero-order chi connectivity index (χ0) is 12.4. The number of hydrogen-bond donors (Lipinski definition) is 2. The van der Waals surface area contributed by atoms with Gasteiger partial charge in [-0.3, -0.25) is 14.3 Å². The summed E-state index contributed by atoms with van der Waals surface area (Å²) in [5.41, 5.74) is 5.46. The summed E-state index contributed by atoms with van der Waals surface area (Å²) in [4.78, 5) is 24.7. The van der Waals surface area contributed by atoms with Crippen molar-refractivity contribution in [1.29, 1.82) is 0 Å². The maximum atomic E-state index is 11.5. The SMILES string of the molecule is Nc1cc(=O)[nH]c(=O)n1Cc1ccc(Cl)cc1. The van der Waals surface area contributed by atoms with Gasteiger partial charge in [0.15, 0.2) is 0 Å². The van der Waals surface area contributed by atoms with Crippen molar-refractivity contribution in [3.8, 4) is 0 Å². The van der Waals surface area contributed by atoms with E-state index in [0.717, 1.165) is 5.56 Å². The van der Waals surface area contributed by atoms with Crippen LogP contribution >= 0.6 is 11.6 Å². The number of aromatic nitrogens is 2. The van der Waals surface area contributed by atoms with Crippen molar-refractivity contribution in [2.24, 2.45) is 0 Å². The molecule has 0 saturated heterocycles. The largest absolute Gasteiger partial charge is 0.385 e. The molecule has 3 N–H and O–H groups in total. The van der Waals surface area contributed by atoms with Crippen LogP contribution in [0, 0.1) is 0 Å². The molecule has 1 heterocycles. The lowest BCUT2D eigenvalue weighted by Crippen LogP contribution is -2.31. The van der Waals surface area contributed by atoms with E-state index < -0.39 is 11.2 Å². The first kappa shape index (κ1) is 11.5. The van der Waals surface area contributed by atoms with Crippen LogP contribution in [-0.2, 0) is 6.54 Å². The first-order chi connectivity index (χ1) is 8.06. The summed E-state index contributed by atoms with van der Waals surface area (Å²) in [6, 6.07) is 8.21. The summed E-state index contributed by atoms with van der Waals surface area (Å²) in [6.45, 7) is 0.290. The molecular weight excluding hydrogens is 242 g/mol. The number of benzene rings is 1. The quantitative estimate of drug-likeness (QED) is 0.829. The van der Waals surface area contributed by atoms with Gasteiger partial charge in [0.2, 0.25) is 0 Å². The molecule has 2 rings (SSSR count). The van der Waals surface area contributed by atoms with E-state index in [1.165, 1.54) is 10.6 Å². The fourth-order valence-corrected chi connectivity index (χ4v) is 1.60. The van der Waals surface area contributed by atoms with Gasteiger partial charge in [0.1, 0.15) is 5.82 Å². The number of nitrogens with one attached hydrogen (secondary N) is 1. The van der Waals surface area contributed by atoms with Crippen LogP contribution in [0.4, 0.5) is 5.82 Å². The Balaban J connectivity index is 2.40. The van der Waals surface area contributed by atoms with E-state index in [0.29, 0.717) is 11.6 Å². The van der Waals surface area contributed by atoms with Crippen molar-refractivity contribution in [3.63, 3.8) is 0 Å². The maximum absolute atomic E-state index is 11.5. The highest BCUT2D eigenvalue weighted by atomic mass is 35.5. The molecule has 17 heavy (non-hydrogen) atoms. The van der Waals surface area contributed by atoms with Crippen molar-refractivity contribution in [1.82, 2.24) is 9.55 Å². The number of H-pyrrole nitrogens is 1. The molecule has 0 fully saturated rings. The number of rotatable bonds is 2. The zero-order valence-corrected chi connectivity index (χ0v) is 9.57. The van der Waals surface area contributed by atoms with Gasteiger partial charge in [0.05, 0.1) is 6.54 Å². The minimum Gasteiger partial charge on any atom is -0.385 e. The highest BCUT2D eigenvalue weighted by Gasteiger charge is 2.03. The Hall–Kier alpha value is -2.01. The predicted octanol–water partition coefficient (Wildman–Crippen LogP) is 0.820. The van der Waals surface area contributed by atoms with Crippen molar-refractivity contribution >= 4 is 17.4 Å². The van der Waals surface area contributed by atoms with Gasteiger partial charge >= 0.3 is 5.69 Å². The summed E-state index contributed by atoms with van der Waals surface area (Å²) in [5, 5.41) is 0.621. The molecule has 88 valence electrons. The van der Waals surface area contributed by atoms with Crippen molar-refractivity contribution in [2.75, 3.05) is 5.73 Å². The molecule has 1 aromatic carbocycles. The Labute approximate surface area is 101 Å². The van der Waals surface area contributed by atoms with Gasteiger partial charge < -0.3 is 5.73 Å². The normalized spacial score (nSPS) is 10.4. The molecule has 0 spiro atoms. The van der Waals surface area contributed by atoms with Gasteiger partial charge in [-0.2, -0.15) is 0 Å². The molecule has 0 aliphatic carbocycles. The standard InChI is InChI=1S/C11H10ClN3O2/c12-8-3-1-7(2-4-8)6-15-9(13)5-10(16)14-11(15)17/h1-5H,6,13H2,(H,14,16,17). The summed E-state index contributed by atoms with van der Waals surface area (Å²) in [5.74, 6) is 0.133. The summed E-state index contributed by atoms with van der Waals surface area (Å²) in [7, 11) is 0. The van der Waals surface area contributed by atoms with E-state index in [9.17, 15) is 9.59 Å². The number of aromatic amines is 1. The Morgan fingerprint density at radius 2 is 1.88 bits per heavy atom. The summed E-state index contributed by atoms with van der Waals surface area (Å²) in [6.07, 6.45) is 0.